The lowest BCUT2D eigenvalue weighted by Gasteiger charge is -2.26. The first kappa shape index (κ1) is 38.0. The maximum atomic E-state index is 12.0. The number of nitrogens with zero attached hydrogens (tertiary/aromatic N) is 7. The van der Waals surface area contributed by atoms with Gasteiger partial charge in [0.25, 0.3) is 0 Å². The number of imidazole rings is 1. The molecule has 220 valence electrons. The smallest absolute Gasteiger partial charge is 0.389 e. The van der Waals surface area contributed by atoms with E-state index in [4.69, 9.17) is 25.8 Å². The predicted molar refractivity (Wildman–Crippen MR) is 126 cm³/mol. The van der Waals surface area contributed by atoms with Crippen LogP contribution in [0.15, 0.2) is 17.6 Å². The first-order valence-corrected chi connectivity index (χ1v) is 13.2. The van der Waals surface area contributed by atoms with E-state index < -0.39 is 53.9 Å². The number of ether oxygens (including phenoxy) is 1. The SMILES string of the molecule is C[C@@]1(N=[N+]=[N-])[C@H](O)[C@@H](COP(=O)(O)OP(=O)(O)OP(=O)(O)O)O[C@H]1c1cnc2c(N)ncnn12.N.N.N.N. The average Bonchev–Trinajstić information content (AvgIpc) is 3.19. The van der Waals surface area contributed by atoms with Gasteiger partial charge < -0.3 is 59.8 Å². The number of fused-ring (bicyclic) bond motifs is 1. The number of aliphatic hydroxyl groups excluding tert-OH is 1. The molecule has 1 fully saturated rings. The second kappa shape index (κ2) is 13.3. The van der Waals surface area contributed by atoms with E-state index in [1.807, 2.05) is 0 Å². The third-order valence-corrected chi connectivity index (χ3v) is 8.30. The number of aromatic nitrogens is 4. The van der Waals surface area contributed by atoms with E-state index in [0.717, 1.165) is 6.33 Å². The zero-order valence-electron chi connectivity index (χ0n) is 19.6. The molecule has 1 aliphatic rings. The molecule has 19 N–H and O–H groups in total. The van der Waals surface area contributed by atoms with Crippen LogP contribution >= 0.6 is 23.5 Å². The number of aliphatic hydroxyl groups is 1. The number of nitrogen functional groups attached to an aromatic ring is 1. The quantitative estimate of drug-likeness (QED) is 0.0797. The van der Waals surface area contributed by atoms with Crippen molar-refractivity contribution in [3.63, 3.8) is 0 Å². The van der Waals surface area contributed by atoms with Gasteiger partial charge in [0.2, 0.25) is 0 Å². The highest BCUT2D eigenvalue weighted by Gasteiger charge is 2.55. The minimum absolute atomic E-state index is 0. The summed E-state index contributed by atoms with van der Waals surface area (Å²) in [5.41, 5.74) is 13.3. The van der Waals surface area contributed by atoms with E-state index in [-0.39, 0.29) is 41.8 Å². The van der Waals surface area contributed by atoms with Gasteiger partial charge in [-0.1, -0.05) is 5.11 Å². The monoisotopic (exact) mass is 614 g/mol. The molecule has 3 heterocycles. The average molecular weight is 614 g/mol. The van der Waals surface area contributed by atoms with E-state index >= 15 is 0 Å². The van der Waals surface area contributed by atoms with Crippen molar-refractivity contribution in [2.45, 2.75) is 30.8 Å². The second-order valence-corrected chi connectivity index (χ2v) is 11.3. The van der Waals surface area contributed by atoms with E-state index in [0.29, 0.717) is 0 Å². The predicted octanol–water partition coefficient (Wildman–Crippen LogP) is 0.568. The Balaban J connectivity index is 0. The summed E-state index contributed by atoms with van der Waals surface area (Å²) in [6, 6.07) is 0. The van der Waals surface area contributed by atoms with Crippen LogP contribution in [-0.4, -0.2) is 68.6 Å². The Labute approximate surface area is 212 Å². The zero-order valence-corrected chi connectivity index (χ0v) is 22.2. The summed E-state index contributed by atoms with van der Waals surface area (Å²) in [6.45, 7) is 0.322. The van der Waals surface area contributed by atoms with Gasteiger partial charge in [-0.3, -0.25) is 4.52 Å². The van der Waals surface area contributed by atoms with Gasteiger partial charge in [-0.25, -0.2) is 28.2 Å². The van der Waals surface area contributed by atoms with Crippen molar-refractivity contribution in [1.82, 2.24) is 44.2 Å². The Hall–Kier alpha value is -2.17. The number of phosphoric ester groups is 1. The minimum atomic E-state index is -5.74. The summed E-state index contributed by atoms with van der Waals surface area (Å²) in [6.07, 6.45) is -2.05. The van der Waals surface area contributed by atoms with Gasteiger partial charge in [-0.15, -0.1) is 0 Å². The Bertz CT molecular complexity index is 1280. The van der Waals surface area contributed by atoms with Gasteiger partial charge in [0.15, 0.2) is 11.5 Å². The van der Waals surface area contributed by atoms with Crippen LogP contribution < -0.4 is 30.3 Å². The van der Waals surface area contributed by atoms with Gasteiger partial charge in [0.05, 0.1) is 24.6 Å². The van der Waals surface area contributed by atoms with Gasteiger partial charge in [-0.05, 0) is 12.5 Å². The largest absolute Gasteiger partial charge is 0.490 e. The second-order valence-electron chi connectivity index (χ2n) is 6.87. The van der Waals surface area contributed by atoms with Crippen LogP contribution in [0.3, 0.4) is 0 Å². The van der Waals surface area contributed by atoms with Gasteiger partial charge in [0, 0.05) is 4.91 Å². The maximum Gasteiger partial charge on any atom is 0.490 e. The molecule has 0 radical (unpaired) electrons. The zero-order chi connectivity index (χ0) is 25.5. The van der Waals surface area contributed by atoms with Crippen LogP contribution in [0.4, 0.5) is 5.82 Å². The van der Waals surface area contributed by atoms with Crippen LogP contribution in [-0.2, 0) is 31.6 Å². The first-order valence-electron chi connectivity index (χ1n) is 8.71. The first-order chi connectivity index (χ1) is 15.6. The number of phosphoric acid groups is 3. The lowest BCUT2D eigenvalue weighted by molar-refractivity contribution is -0.0235. The Morgan fingerprint density at radius 2 is 1.76 bits per heavy atom. The summed E-state index contributed by atoms with van der Waals surface area (Å²) in [4.78, 5) is 46.5. The molecule has 2 unspecified atom stereocenters. The third-order valence-electron chi connectivity index (χ3n) is 4.50. The molecule has 0 aliphatic carbocycles. The molecule has 2 aromatic heterocycles. The maximum absolute atomic E-state index is 12.0. The fourth-order valence-corrected chi connectivity index (χ4v) is 6.16. The molecular weight excluding hydrogens is 585 g/mol. The van der Waals surface area contributed by atoms with Gasteiger partial charge in [-0.2, -0.15) is 13.7 Å². The summed E-state index contributed by atoms with van der Waals surface area (Å²) >= 11 is 0. The van der Waals surface area contributed by atoms with E-state index in [1.54, 1.807) is 0 Å². The summed E-state index contributed by atoms with van der Waals surface area (Å²) < 4.78 is 52.7. The molecule has 38 heavy (non-hydrogen) atoms. The van der Waals surface area contributed by atoms with Crippen molar-refractivity contribution in [1.29, 1.82) is 0 Å². The van der Waals surface area contributed by atoms with Gasteiger partial charge in [0.1, 0.15) is 24.1 Å². The highest BCUT2D eigenvalue weighted by Crippen LogP contribution is 2.66. The lowest BCUT2D eigenvalue weighted by atomic mass is 9.88. The van der Waals surface area contributed by atoms with Crippen LogP contribution in [0, 0.1) is 0 Å². The minimum Gasteiger partial charge on any atom is -0.389 e. The number of rotatable bonds is 9. The van der Waals surface area contributed by atoms with Crippen LogP contribution in [0.5, 0.6) is 0 Å². The topological polar surface area (TPSA) is 447 Å². The number of anilines is 1. The molecule has 3 rings (SSSR count). The number of hydrogen-bond donors (Lipinski definition) is 10. The Kier molecular flexibility index (Phi) is 13.3. The lowest BCUT2D eigenvalue weighted by Crippen LogP contribution is -2.41. The van der Waals surface area contributed by atoms with E-state index in [1.165, 1.54) is 17.6 Å². The molecule has 1 aliphatic heterocycles. The summed E-state index contributed by atoms with van der Waals surface area (Å²) in [5.74, 6) is 0.00879. The Morgan fingerprint density at radius 3 is 2.32 bits per heavy atom. The molecule has 27 heteroatoms. The highest BCUT2D eigenvalue weighted by molar-refractivity contribution is 7.66. The summed E-state index contributed by atoms with van der Waals surface area (Å²) in [5, 5.41) is 18.3. The Morgan fingerprint density at radius 1 is 1.16 bits per heavy atom. The fraction of sp³-hybridized carbons (Fsp3) is 0.545. The van der Waals surface area contributed by atoms with Crippen LogP contribution in [0.2, 0.25) is 0 Å². The molecule has 0 bridgehead atoms. The van der Waals surface area contributed by atoms with Crippen LogP contribution in [0.25, 0.3) is 16.1 Å². The molecule has 0 saturated carbocycles. The van der Waals surface area contributed by atoms with Crippen molar-refractivity contribution in [2.24, 2.45) is 5.11 Å². The molecule has 0 amide bonds. The fourth-order valence-electron chi connectivity index (χ4n) is 3.13. The van der Waals surface area contributed by atoms with Crippen LogP contribution in [0.1, 0.15) is 18.7 Å². The number of azide groups is 1. The molecule has 6 atom stereocenters. The van der Waals surface area contributed by atoms with E-state index in [2.05, 4.69) is 38.2 Å². The third kappa shape index (κ3) is 8.16. The molecular formula is C11H29N12O12P3. The van der Waals surface area contributed by atoms with Crippen molar-refractivity contribution < 1.29 is 56.3 Å². The van der Waals surface area contributed by atoms with Crippen molar-refractivity contribution in [3.8, 4) is 0 Å². The number of nitrogens with two attached hydrogens (primary N) is 1. The molecule has 0 aromatic carbocycles. The van der Waals surface area contributed by atoms with Crippen molar-refractivity contribution in [2.75, 3.05) is 12.3 Å². The molecule has 1 saturated heterocycles. The molecule has 24 nitrogen and oxygen atoms in total. The van der Waals surface area contributed by atoms with E-state index in [9.17, 15) is 28.6 Å². The standard InChI is InChI=1S/C11H17N8O12P3.4H3N/c1-11(17-18-13)7(20)6(3-28-33(24,25)31-34(26,27)30-32(21,22)23)29-8(11)5-2-14-10-9(12)15-4-16-19(5)10;;;;/h2,4,6-8,20H,3H2,1H3,(H,24,25)(H,26,27)(H2,12,15,16)(H2,21,22,23);4*1H3/t6-,7-,8+,11-;;;;/m1..../s1. The van der Waals surface area contributed by atoms with Crippen molar-refractivity contribution >= 4 is 34.9 Å². The number of hydrogen-bond acceptors (Lipinski definition) is 17. The van der Waals surface area contributed by atoms with Gasteiger partial charge >= 0.3 is 23.5 Å². The molecule has 0 spiro atoms. The summed E-state index contributed by atoms with van der Waals surface area (Å²) in [7, 11) is -16.8. The normalized spacial score (nSPS) is 25.8. The molecule has 2 aromatic rings. The van der Waals surface area contributed by atoms with Crippen molar-refractivity contribution in [3.05, 3.63) is 28.7 Å². The highest BCUT2D eigenvalue weighted by atomic mass is 31.3.